The number of thiol groups is 1. The lowest BCUT2D eigenvalue weighted by Gasteiger charge is -2.28. The average molecular weight is 271 g/mol. The number of nitrogens with zero attached hydrogens (tertiary/aromatic N) is 1. The lowest BCUT2D eigenvalue weighted by molar-refractivity contribution is 0.711. The second-order valence-corrected chi connectivity index (χ2v) is 5.03. The molecule has 0 aliphatic heterocycles. The first-order valence-electron chi connectivity index (χ1n) is 6.81. The molecule has 0 spiro atoms. The van der Waals surface area contributed by atoms with Gasteiger partial charge in [-0.05, 0) is 30.4 Å². The van der Waals surface area contributed by atoms with Gasteiger partial charge in [0.1, 0.15) is 0 Å². The highest BCUT2D eigenvalue weighted by Crippen LogP contribution is 2.22. The molecule has 0 aliphatic carbocycles. The third-order valence-corrected chi connectivity index (χ3v) is 3.88. The molecule has 2 heteroatoms. The molecule has 0 bridgehead atoms. The second-order valence-electron chi connectivity index (χ2n) is 4.66. The van der Waals surface area contributed by atoms with Gasteiger partial charge in [0.2, 0.25) is 0 Å². The number of anilines is 1. The van der Waals surface area contributed by atoms with Gasteiger partial charge in [-0.15, -0.1) is 0 Å². The maximum atomic E-state index is 4.53. The van der Waals surface area contributed by atoms with E-state index in [1.54, 1.807) is 0 Å². The summed E-state index contributed by atoms with van der Waals surface area (Å²) in [5.74, 6) is 1.33. The molecule has 0 radical (unpaired) electrons. The van der Waals surface area contributed by atoms with Gasteiger partial charge in [0.15, 0.2) is 0 Å². The highest BCUT2D eigenvalue weighted by Gasteiger charge is 2.14. The van der Waals surface area contributed by atoms with E-state index in [-0.39, 0.29) is 0 Å². The molecule has 19 heavy (non-hydrogen) atoms. The van der Waals surface area contributed by atoms with Gasteiger partial charge in [-0.25, -0.2) is 0 Å². The van der Waals surface area contributed by atoms with Crippen LogP contribution >= 0.6 is 12.6 Å². The molecule has 0 amide bonds. The highest BCUT2D eigenvalue weighted by molar-refractivity contribution is 7.80. The normalized spacial score (nSPS) is 12.1. The highest BCUT2D eigenvalue weighted by atomic mass is 32.1. The lowest BCUT2D eigenvalue weighted by atomic mass is 10.00. The number of hydrogen-bond donors (Lipinski definition) is 1. The van der Waals surface area contributed by atoms with Gasteiger partial charge in [-0.3, -0.25) is 0 Å². The van der Waals surface area contributed by atoms with Gasteiger partial charge >= 0.3 is 0 Å². The average Bonchev–Trinajstić information content (AvgIpc) is 2.50. The minimum absolute atomic E-state index is 0.463. The molecule has 100 valence electrons. The van der Waals surface area contributed by atoms with E-state index in [1.807, 2.05) is 0 Å². The molecule has 0 fully saturated rings. The SMILES string of the molecule is CCN(CC(CS)c1ccccc1)c1ccccc1. The molecule has 0 saturated carbocycles. The summed E-state index contributed by atoms with van der Waals surface area (Å²) in [5, 5.41) is 0. The number of likely N-dealkylation sites (N-methyl/N-ethyl adjacent to an activating group) is 1. The molecule has 0 saturated heterocycles. The number of benzene rings is 2. The van der Waals surface area contributed by atoms with E-state index in [0.717, 1.165) is 18.8 Å². The predicted octanol–water partition coefficient (Wildman–Crippen LogP) is 4.23. The summed E-state index contributed by atoms with van der Waals surface area (Å²) in [7, 11) is 0. The summed E-state index contributed by atoms with van der Waals surface area (Å²) >= 11 is 4.53. The van der Waals surface area contributed by atoms with Crippen molar-refractivity contribution >= 4 is 18.3 Å². The van der Waals surface area contributed by atoms with E-state index < -0.39 is 0 Å². The first-order chi connectivity index (χ1) is 9.35. The maximum absolute atomic E-state index is 4.53. The van der Waals surface area contributed by atoms with E-state index in [2.05, 4.69) is 85.1 Å². The van der Waals surface area contributed by atoms with Crippen molar-refractivity contribution in [2.75, 3.05) is 23.7 Å². The van der Waals surface area contributed by atoms with Crippen LogP contribution in [0.3, 0.4) is 0 Å². The van der Waals surface area contributed by atoms with Crippen LogP contribution in [0.1, 0.15) is 18.4 Å². The molecular formula is C17H21NS. The minimum Gasteiger partial charge on any atom is -0.371 e. The zero-order valence-corrected chi connectivity index (χ0v) is 12.3. The molecule has 0 heterocycles. The van der Waals surface area contributed by atoms with E-state index in [9.17, 15) is 0 Å². The summed E-state index contributed by atoms with van der Waals surface area (Å²) < 4.78 is 0. The fourth-order valence-corrected chi connectivity index (χ4v) is 2.64. The van der Waals surface area contributed by atoms with Crippen LogP contribution < -0.4 is 4.90 Å². The largest absolute Gasteiger partial charge is 0.371 e. The smallest absolute Gasteiger partial charge is 0.0366 e. The topological polar surface area (TPSA) is 3.24 Å². The Kier molecular flexibility index (Phi) is 5.34. The van der Waals surface area contributed by atoms with Gasteiger partial charge in [0, 0.05) is 24.7 Å². The maximum Gasteiger partial charge on any atom is 0.0366 e. The Morgan fingerprint density at radius 3 is 2.05 bits per heavy atom. The van der Waals surface area contributed by atoms with Crippen LogP contribution in [0.4, 0.5) is 5.69 Å². The fourth-order valence-electron chi connectivity index (χ4n) is 2.32. The van der Waals surface area contributed by atoms with Crippen LogP contribution in [0.25, 0.3) is 0 Å². The molecule has 2 aromatic carbocycles. The van der Waals surface area contributed by atoms with Gasteiger partial charge in [-0.1, -0.05) is 48.5 Å². The Bertz CT molecular complexity index is 424. The summed E-state index contributed by atoms with van der Waals surface area (Å²) in [5.41, 5.74) is 2.65. The van der Waals surface area contributed by atoms with Gasteiger partial charge < -0.3 is 4.90 Å². The van der Waals surface area contributed by atoms with Crippen molar-refractivity contribution in [2.24, 2.45) is 0 Å². The van der Waals surface area contributed by atoms with E-state index in [0.29, 0.717) is 5.92 Å². The van der Waals surface area contributed by atoms with Crippen molar-refractivity contribution in [1.29, 1.82) is 0 Å². The Balaban J connectivity index is 2.13. The van der Waals surface area contributed by atoms with Crippen molar-refractivity contribution in [3.05, 3.63) is 66.2 Å². The Labute approximate surface area is 121 Å². The van der Waals surface area contributed by atoms with Crippen molar-refractivity contribution in [3.63, 3.8) is 0 Å². The molecule has 0 N–H and O–H groups in total. The standard InChI is InChI=1S/C17H21NS/c1-2-18(17-11-7-4-8-12-17)13-16(14-19)15-9-5-3-6-10-15/h3-12,16,19H,2,13-14H2,1H3. The minimum atomic E-state index is 0.463. The Hall–Kier alpha value is -1.41. The molecule has 2 aromatic rings. The van der Waals surface area contributed by atoms with Gasteiger partial charge in [0.25, 0.3) is 0 Å². The molecule has 1 unspecified atom stereocenters. The summed E-state index contributed by atoms with van der Waals surface area (Å²) in [6.07, 6.45) is 0. The van der Waals surface area contributed by atoms with E-state index in [4.69, 9.17) is 0 Å². The third kappa shape index (κ3) is 3.77. The van der Waals surface area contributed by atoms with Crippen molar-refractivity contribution in [2.45, 2.75) is 12.8 Å². The zero-order chi connectivity index (χ0) is 13.5. The van der Waals surface area contributed by atoms with Gasteiger partial charge in [0.05, 0.1) is 0 Å². The number of para-hydroxylation sites is 1. The van der Waals surface area contributed by atoms with Crippen LogP contribution in [0.5, 0.6) is 0 Å². The van der Waals surface area contributed by atoms with Crippen LogP contribution in [0, 0.1) is 0 Å². The van der Waals surface area contributed by atoms with Crippen LogP contribution in [-0.2, 0) is 0 Å². The van der Waals surface area contributed by atoms with Crippen molar-refractivity contribution in [3.8, 4) is 0 Å². The summed E-state index contributed by atoms with van der Waals surface area (Å²) in [6, 6.07) is 21.2. The summed E-state index contributed by atoms with van der Waals surface area (Å²) in [6.45, 7) is 4.22. The molecular weight excluding hydrogens is 250 g/mol. The second kappa shape index (κ2) is 7.25. The fraction of sp³-hybridized carbons (Fsp3) is 0.294. The Morgan fingerprint density at radius 2 is 1.53 bits per heavy atom. The Morgan fingerprint density at radius 1 is 0.947 bits per heavy atom. The predicted molar refractivity (Wildman–Crippen MR) is 87.4 cm³/mol. The molecule has 1 nitrogen and oxygen atoms in total. The summed E-state index contributed by atoms with van der Waals surface area (Å²) in [4.78, 5) is 2.41. The van der Waals surface area contributed by atoms with Crippen LogP contribution in [0.15, 0.2) is 60.7 Å². The van der Waals surface area contributed by atoms with E-state index in [1.165, 1.54) is 11.3 Å². The first kappa shape index (κ1) is 14.0. The molecule has 0 aliphatic rings. The molecule has 2 rings (SSSR count). The number of hydrogen-bond acceptors (Lipinski definition) is 2. The zero-order valence-electron chi connectivity index (χ0n) is 11.4. The molecule has 1 atom stereocenters. The van der Waals surface area contributed by atoms with Gasteiger partial charge in [-0.2, -0.15) is 12.6 Å². The quantitative estimate of drug-likeness (QED) is 0.770. The molecule has 0 aromatic heterocycles. The van der Waals surface area contributed by atoms with Crippen LogP contribution in [-0.4, -0.2) is 18.8 Å². The van der Waals surface area contributed by atoms with Crippen molar-refractivity contribution in [1.82, 2.24) is 0 Å². The third-order valence-electron chi connectivity index (χ3n) is 3.44. The first-order valence-corrected chi connectivity index (χ1v) is 7.44. The lowest BCUT2D eigenvalue weighted by Crippen LogP contribution is -2.29. The number of rotatable bonds is 6. The monoisotopic (exact) mass is 271 g/mol. The van der Waals surface area contributed by atoms with Crippen molar-refractivity contribution < 1.29 is 0 Å². The van der Waals surface area contributed by atoms with E-state index >= 15 is 0 Å². The van der Waals surface area contributed by atoms with Crippen LogP contribution in [0.2, 0.25) is 0 Å².